The van der Waals surface area contributed by atoms with E-state index in [2.05, 4.69) is 0 Å². The molecule has 60 valence electrons. The molecule has 0 aromatic carbocycles. The van der Waals surface area contributed by atoms with Crippen molar-refractivity contribution in [2.24, 2.45) is 5.92 Å². The standard InChI is InChI=1S/C8H16O2/c1-6(2)5-8(9)7(3)10-4/h6-7H,5H2,1-4H3. The Balaban J connectivity index is 3.62. The first-order valence-corrected chi connectivity index (χ1v) is 3.63. The molecule has 0 aromatic heterocycles. The molecule has 0 spiro atoms. The fourth-order valence-electron chi connectivity index (χ4n) is 0.700. The van der Waals surface area contributed by atoms with Crippen LogP contribution in [-0.4, -0.2) is 19.0 Å². The monoisotopic (exact) mass is 144 g/mol. The highest BCUT2D eigenvalue weighted by Crippen LogP contribution is 2.04. The summed E-state index contributed by atoms with van der Waals surface area (Å²) >= 11 is 0. The van der Waals surface area contributed by atoms with E-state index in [-0.39, 0.29) is 11.9 Å². The van der Waals surface area contributed by atoms with Crippen molar-refractivity contribution in [2.75, 3.05) is 7.11 Å². The summed E-state index contributed by atoms with van der Waals surface area (Å²) in [5, 5.41) is 0. The molecule has 0 rings (SSSR count). The van der Waals surface area contributed by atoms with E-state index in [1.165, 1.54) is 0 Å². The lowest BCUT2D eigenvalue weighted by Gasteiger charge is -2.09. The van der Waals surface area contributed by atoms with Gasteiger partial charge in [0.25, 0.3) is 0 Å². The summed E-state index contributed by atoms with van der Waals surface area (Å²) in [6.45, 7) is 5.84. The van der Waals surface area contributed by atoms with Crippen LogP contribution in [0.1, 0.15) is 27.2 Å². The molecule has 0 saturated carbocycles. The zero-order chi connectivity index (χ0) is 8.15. The zero-order valence-electron chi connectivity index (χ0n) is 7.18. The molecule has 0 aliphatic carbocycles. The first kappa shape index (κ1) is 9.63. The van der Waals surface area contributed by atoms with Crippen LogP contribution in [0.15, 0.2) is 0 Å². The number of Topliss-reactive ketones (excluding diaryl/α,β-unsaturated/α-hetero) is 1. The maximum Gasteiger partial charge on any atom is 0.161 e. The second kappa shape index (κ2) is 4.45. The van der Waals surface area contributed by atoms with E-state index in [4.69, 9.17) is 4.74 Å². The molecule has 0 N–H and O–H groups in total. The van der Waals surface area contributed by atoms with Gasteiger partial charge in [0.05, 0.1) is 0 Å². The van der Waals surface area contributed by atoms with Crippen LogP contribution in [0.3, 0.4) is 0 Å². The summed E-state index contributed by atoms with van der Waals surface area (Å²) < 4.78 is 4.86. The molecule has 1 atom stereocenters. The molecule has 0 aromatic rings. The molecule has 2 heteroatoms. The lowest BCUT2D eigenvalue weighted by atomic mass is 10.0. The quantitative estimate of drug-likeness (QED) is 0.599. The van der Waals surface area contributed by atoms with Gasteiger partial charge in [0, 0.05) is 13.5 Å². The third-order valence-electron chi connectivity index (χ3n) is 1.42. The van der Waals surface area contributed by atoms with E-state index < -0.39 is 0 Å². The number of ether oxygens (including phenoxy) is 1. The smallest absolute Gasteiger partial charge is 0.161 e. The second-order valence-corrected chi connectivity index (χ2v) is 2.94. The molecule has 0 bridgehead atoms. The van der Waals surface area contributed by atoms with Gasteiger partial charge in [0.2, 0.25) is 0 Å². The summed E-state index contributed by atoms with van der Waals surface area (Å²) in [7, 11) is 1.56. The summed E-state index contributed by atoms with van der Waals surface area (Å²) in [6.07, 6.45) is 0.386. The van der Waals surface area contributed by atoms with Crippen LogP contribution < -0.4 is 0 Å². The van der Waals surface area contributed by atoms with E-state index in [0.717, 1.165) is 0 Å². The number of hydrogen-bond donors (Lipinski definition) is 0. The normalized spacial score (nSPS) is 13.7. The zero-order valence-corrected chi connectivity index (χ0v) is 7.18. The van der Waals surface area contributed by atoms with Crippen molar-refractivity contribution in [1.82, 2.24) is 0 Å². The highest BCUT2D eigenvalue weighted by atomic mass is 16.5. The van der Waals surface area contributed by atoms with E-state index >= 15 is 0 Å². The van der Waals surface area contributed by atoms with Gasteiger partial charge in [-0.2, -0.15) is 0 Å². The summed E-state index contributed by atoms with van der Waals surface area (Å²) in [5.74, 6) is 0.627. The molecule has 0 heterocycles. The van der Waals surface area contributed by atoms with E-state index in [1.807, 2.05) is 13.8 Å². The third-order valence-corrected chi connectivity index (χ3v) is 1.42. The minimum absolute atomic E-state index is 0.192. The van der Waals surface area contributed by atoms with Gasteiger partial charge in [-0.05, 0) is 12.8 Å². The number of rotatable bonds is 4. The van der Waals surface area contributed by atoms with Gasteiger partial charge in [-0.15, -0.1) is 0 Å². The fraction of sp³-hybridized carbons (Fsp3) is 0.875. The topological polar surface area (TPSA) is 26.3 Å². The Morgan fingerprint density at radius 3 is 2.20 bits per heavy atom. The van der Waals surface area contributed by atoms with E-state index in [0.29, 0.717) is 12.3 Å². The van der Waals surface area contributed by atoms with Gasteiger partial charge < -0.3 is 4.74 Å². The Morgan fingerprint density at radius 2 is 1.90 bits per heavy atom. The van der Waals surface area contributed by atoms with Crippen LogP contribution in [-0.2, 0) is 9.53 Å². The van der Waals surface area contributed by atoms with Gasteiger partial charge in [0.1, 0.15) is 6.10 Å². The molecule has 0 radical (unpaired) electrons. The van der Waals surface area contributed by atoms with Crippen molar-refractivity contribution < 1.29 is 9.53 Å². The highest BCUT2D eigenvalue weighted by Gasteiger charge is 2.12. The van der Waals surface area contributed by atoms with Gasteiger partial charge in [-0.1, -0.05) is 13.8 Å². The maximum absolute atomic E-state index is 11.1. The van der Waals surface area contributed by atoms with Crippen LogP contribution in [0.25, 0.3) is 0 Å². The lowest BCUT2D eigenvalue weighted by molar-refractivity contribution is -0.128. The van der Waals surface area contributed by atoms with E-state index in [9.17, 15) is 4.79 Å². The predicted octanol–water partition coefficient (Wildman–Crippen LogP) is 1.64. The van der Waals surface area contributed by atoms with Crippen LogP contribution in [0.2, 0.25) is 0 Å². The van der Waals surface area contributed by atoms with Crippen molar-refractivity contribution in [1.29, 1.82) is 0 Å². The second-order valence-electron chi connectivity index (χ2n) is 2.94. The van der Waals surface area contributed by atoms with Gasteiger partial charge in [0.15, 0.2) is 5.78 Å². The van der Waals surface area contributed by atoms with Gasteiger partial charge >= 0.3 is 0 Å². The highest BCUT2D eigenvalue weighted by molar-refractivity contribution is 5.82. The molecule has 0 fully saturated rings. The fourth-order valence-corrected chi connectivity index (χ4v) is 0.700. The summed E-state index contributed by atoms with van der Waals surface area (Å²) in [4.78, 5) is 11.1. The number of methoxy groups -OCH3 is 1. The van der Waals surface area contributed by atoms with Crippen LogP contribution in [0, 0.1) is 5.92 Å². The Labute approximate surface area is 62.6 Å². The van der Waals surface area contributed by atoms with Crippen molar-refractivity contribution in [2.45, 2.75) is 33.3 Å². The van der Waals surface area contributed by atoms with Crippen LogP contribution in [0.5, 0.6) is 0 Å². The molecule has 0 saturated heterocycles. The number of ketones is 1. The Kier molecular flexibility index (Phi) is 4.28. The average Bonchev–Trinajstić information content (AvgIpc) is 1.85. The molecular formula is C8H16O2. The predicted molar refractivity (Wildman–Crippen MR) is 40.9 cm³/mol. The van der Waals surface area contributed by atoms with Crippen LogP contribution in [0.4, 0.5) is 0 Å². The summed E-state index contributed by atoms with van der Waals surface area (Å²) in [6, 6.07) is 0. The van der Waals surface area contributed by atoms with Crippen molar-refractivity contribution in [3.8, 4) is 0 Å². The molecule has 0 aliphatic heterocycles. The molecule has 10 heavy (non-hydrogen) atoms. The van der Waals surface area contributed by atoms with Crippen molar-refractivity contribution in [3.63, 3.8) is 0 Å². The Bertz CT molecular complexity index is 108. The molecule has 1 unspecified atom stereocenters. The molecule has 0 aliphatic rings. The Hall–Kier alpha value is -0.370. The largest absolute Gasteiger partial charge is 0.374 e. The van der Waals surface area contributed by atoms with Crippen LogP contribution >= 0.6 is 0 Å². The first-order valence-electron chi connectivity index (χ1n) is 3.63. The Morgan fingerprint density at radius 1 is 1.40 bits per heavy atom. The third kappa shape index (κ3) is 3.62. The molecule has 0 amide bonds. The lowest BCUT2D eigenvalue weighted by Crippen LogP contribution is -2.20. The van der Waals surface area contributed by atoms with E-state index in [1.54, 1.807) is 14.0 Å². The number of carbonyl (C=O) groups is 1. The first-order chi connectivity index (χ1) is 4.57. The number of carbonyl (C=O) groups excluding carboxylic acids is 1. The average molecular weight is 144 g/mol. The SMILES string of the molecule is COC(C)C(=O)CC(C)C. The van der Waals surface area contributed by atoms with Gasteiger partial charge in [-0.25, -0.2) is 0 Å². The maximum atomic E-state index is 11.1. The molecule has 2 nitrogen and oxygen atoms in total. The number of hydrogen-bond acceptors (Lipinski definition) is 2. The molecular weight excluding hydrogens is 128 g/mol. The van der Waals surface area contributed by atoms with Gasteiger partial charge in [-0.3, -0.25) is 4.79 Å². The minimum atomic E-state index is -0.234. The van der Waals surface area contributed by atoms with Crippen molar-refractivity contribution in [3.05, 3.63) is 0 Å². The summed E-state index contributed by atoms with van der Waals surface area (Å²) in [5.41, 5.74) is 0. The van der Waals surface area contributed by atoms with Crippen molar-refractivity contribution >= 4 is 5.78 Å². The minimum Gasteiger partial charge on any atom is -0.374 e.